The maximum atomic E-state index is 6.33. The van der Waals surface area contributed by atoms with Gasteiger partial charge in [0, 0.05) is 12.1 Å². The van der Waals surface area contributed by atoms with Crippen LogP contribution in [0.2, 0.25) is 5.02 Å². The normalized spacial score (nSPS) is 13.8. The third-order valence-corrected chi connectivity index (χ3v) is 3.80. The number of aromatic nitrogens is 2. The molecule has 4 heteroatoms. The molecule has 1 N–H and O–H groups in total. The Hall–Kier alpha value is -0.540. The smallest absolute Gasteiger partial charge is 0.0847 e. The Morgan fingerprint density at radius 2 is 2.00 bits per heavy atom. The second-order valence-electron chi connectivity index (χ2n) is 6.44. The summed E-state index contributed by atoms with van der Waals surface area (Å²) in [4.78, 5) is 0. The Labute approximate surface area is 122 Å². The summed E-state index contributed by atoms with van der Waals surface area (Å²) < 4.78 is 2.03. The summed E-state index contributed by atoms with van der Waals surface area (Å²) in [5.74, 6) is 0.635. The molecule has 1 heterocycles. The molecule has 1 aromatic rings. The maximum Gasteiger partial charge on any atom is 0.0847 e. The highest BCUT2D eigenvalue weighted by atomic mass is 35.5. The summed E-state index contributed by atoms with van der Waals surface area (Å²) in [7, 11) is 0. The lowest BCUT2D eigenvalue weighted by Gasteiger charge is -2.23. The zero-order valence-corrected chi connectivity index (χ0v) is 13.9. The van der Waals surface area contributed by atoms with Gasteiger partial charge in [0.05, 0.1) is 16.4 Å². The van der Waals surface area contributed by atoms with E-state index in [-0.39, 0.29) is 5.54 Å². The lowest BCUT2D eigenvalue weighted by molar-refractivity contribution is 0.371. The van der Waals surface area contributed by atoms with Gasteiger partial charge >= 0.3 is 0 Å². The van der Waals surface area contributed by atoms with Crippen LogP contribution >= 0.6 is 11.6 Å². The van der Waals surface area contributed by atoms with Crippen LogP contribution in [-0.2, 0) is 13.0 Å². The lowest BCUT2D eigenvalue weighted by atomic mass is 10.0. The predicted octanol–water partition coefficient (Wildman–Crippen LogP) is 3.82. The Kier molecular flexibility index (Phi) is 5.87. The first kappa shape index (κ1) is 16.5. The molecule has 0 saturated carbocycles. The largest absolute Gasteiger partial charge is 0.312 e. The van der Waals surface area contributed by atoms with E-state index >= 15 is 0 Å². The van der Waals surface area contributed by atoms with E-state index in [9.17, 15) is 0 Å². The van der Waals surface area contributed by atoms with E-state index in [2.05, 4.69) is 45.0 Å². The van der Waals surface area contributed by atoms with Crippen molar-refractivity contribution in [1.29, 1.82) is 0 Å². The Morgan fingerprint density at radius 3 is 2.53 bits per heavy atom. The van der Waals surface area contributed by atoms with Crippen LogP contribution in [0.15, 0.2) is 0 Å². The first-order valence-electron chi connectivity index (χ1n) is 7.21. The quantitative estimate of drug-likeness (QED) is 0.861. The summed E-state index contributed by atoms with van der Waals surface area (Å²) >= 11 is 6.33. The van der Waals surface area contributed by atoms with Crippen molar-refractivity contribution in [2.45, 2.75) is 66.5 Å². The van der Waals surface area contributed by atoms with Gasteiger partial charge in [-0.3, -0.25) is 4.68 Å². The van der Waals surface area contributed by atoms with Gasteiger partial charge in [-0.1, -0.05) is 18.5 Å². The lowest BCUT2D eigenvalue weighted by Crippen LogP contribution is -2.38. The Morgan fingerprint density at radius 1 is 1.37 bits per heavy atom. The van der Waals surface area contributed by atoms with Crippen molar-refractivity contribution < 1.29 is 0 Å². The van der Waals surface area contributed by atoms with E-state index in [1.54, 1.807) is 0 Å². The van der Waals surface area contributed by atoms with Gasteiger partial charge < -0.3 is 5.32 Å². The van der Waals surface area contributed by atoms with Crippen LogP contribution in [0.4, 0.5) is 0 Å². The third-order valence-electron chi connectivity index (χ3n) is 3.31. The SMILES string of the molecule is CCn1nc(C)c(Cl)c1CCC(C)CNC(C)(C)C. The van der Waals surface area contributed by atoms with Crippen LogP contribution in [0.25, 0.3) is 0 Å². The van der Waals surface area contributed by atoms with Gasteiger partial charge in [-0.25, -0.2) is 0 Å². The molecular formula is C15H28ClN3. The second kappa shape index (κ2) is 6.76. The maximum absolute atomic E-state index is 6.33. The minimum atomic E-state index is 0.188. The zero-order chi connectivity index (χ0) is 14.6. The molecule has 0 aromatic carbocycles. The molecule has 0 aliphatic rings. The highest BCUT2D eigenvalue weighted by Crippen LogP contribution is 2.22. The molecule has 1 unspecified atom stereocenters. The van der Waals surface area contributed by atoms with Crippen LogP contribution in [-0.4, -0.2) is 21.9 Å². The molecule has 0 bridgehead atoms. The zero-order valence-electron chi connectivity index (χ0n) is 13.2. The van der Waals surface area contributed by atoms with E-state index in [1.165, 1.54) is 5.69 Å². The van der Waals surface area contributed by atoms with E-state index in [0.717, 1.165) is 36.6 Å². The number of nitrogens with zero attached hydrogens (tertiary/aromatic N) is 2. The van der Waals surface area contributed by atoms with Crippen LogP contribution in [0.5, 0.6) is 0 Å². The average molecular weight is 286 g/mol. The van der Waals surface area contributed by atoms with Gasteiger partial charge in [-0.2, -0.15) is 5.10 Å². The molecule has 0 aliphatic heterocycles. The third kappa shape index (κ3) is 5.15. The first-order chi connectivity index (χ1) is 8.74. The molecule has 0 aliphatic carbocycles. The van der Waals surface area contributed by atoms with Crippen molar-refractivity contribution in [1.82, 2.24) is 15.1 Å². The second-order valence-corrected chi connectivity index (χ2v) is 6.81. The minimum Gasteiger partial charge on any atom is -0.312 e. The van der Waals surface area contributed by atoms with Crippen molar-refractivity contribution >= 4 is 11.6 Å². The highest BCUT2D eigenvalue weighted by molar-refractivity contribution is 6.31. The first-order valence-corrected chi connectivity index (χ1v) is 7.59. The van der Waals surface area contributed by atoms with Gasteiger partial charge in [0.25, 0.3) is 0 Å². The van der Waals surface area contributed by atoms with E-state index < -0.39 is 0 Å². The van der Waals surface area contributed by atoms with Gasteiger partial charge in [0.1, 0.15) is 0 Å². The number of nitrogens with one attached hydrogen (secondary N) is 1. The topological polar surface area (TPSA) is 29.9 Å². The monoisotopic (exact) mass is 285 g/mol. The molecule has 1 aromatic heterocycles. The summed E-state index contributed by atoms with van der Waals surface area (Å²) in [6, 6.07) is 0. The number of hydrogen-bond acceptors (Lipinski definition) is 2. The fourth-order valence-electron chi connectivity index (χ4n) is 2.07. The van der Waals surface area contributed by atoms with Gasteiger partial charge in [0.2, 0.25) is 0 Å². The van der Waals surface area contributed by atoms with E-state index in [1.807, 2.05) is 11.6 Å². The van der Waals surface area contributed by atoms with Crippen LogP contribution in [0, 0.1) is 12.8 Å². The molecular weight excluding hydrogens is 258 g/mol. The summed E-state index contributed by atoms with van der Waals surface area (Å²) in [6.45, 7) is 14.9. The summed E-state index contributed by atoms with van der Waals surface area (Å²) in [6.07, 6.45) is 2.13. The van der Waals surface area contributed by atoms with Gasteiger partial charge in [0.15, 0.2) is 0 Å². The fraction of sp³-hybridized carbons (Fsp3) is 0.800. The van der Waals surface area contributed by atoms with Crippen molar-refractivity contribution in [2.24, 2.45) is 5.92 Å². The fourth-order valence-corrected chi connectivity index (χ4v) is 2.30. The van der Waals surface area contributed by atoms with Gasteiger partial charge in [-0.15, -0.1) is 0 Å². The average Bonchev–Trinajstić information content (AvgIpc) is 2.59. The summed E-state index contributed by atoms with van der Waals surface area (Å²) in [5.41, 5.74) is 2.32. The molecule has 110 valence electrons. The van der Waals surface area contributed by atoms with E-state index in [0.29, 0.717) is 5.92 Å². The van der Waals surface area contributed by atoms with Gasteiger partial charge in [-0.05, 0) is 59.9 Å². The number of halogens is 1. The molecule has 0 saturated heterocycles. The number of hydrogen-bond donors (Lipinski definition) is 1. The molecule has 0 fully saturated rings. The van der Waals surface area contributed by atoms with Crippen LogP contribution in [0.3, 0.4) is 0 Å². The minimum absolute atomic E-state index is 0.188. The standard InChI is InChI=1S/C15H28ClN3/c1-7-19-13(14(16)12(3)18-19)9-8-11(2)10-17-15(4,5)6/h11,17H,7-10H2,1-6H3. The van der Waals surface area contributed by atoms with Crippen molar-refractivity contribution in [3.05, 3.63) is 16.4 Å². The predicted molar refractivity (Wildman–Crippen MR) is 82.9 cm³/mol. The van der Waals surface area contributed by atoms with Crippen molar-refractivity contribution in [3.8, 4) is 0 Å². The molecule has 0 radical (unpaired) electrons. The van der Waals surface area contributed by atoms with Crippen molar-refractivity contribution in [3.63, 3.8) is 0 Å². The van der Waals surface area contributed by atoms with E-state index in [4.69, 9.17) is 11.6 Å². The molecule has 1 atom stereocenters. The number of aryl methyl sites for hydroxylation is 2. The Balaban J connectivity index is 2.52. The van der Waals surface area contributed by atoms with Crippen molar-refractivity contribution in [2.75, 3.05) is 6.54 Å². The van der Waals surface area contributed by atoms with Crippen LogP contribution in [0.1, 0.15) is 52.4 Å². The highest BCUT2D eigenvalue weighted by Gasteiger charge is 2.15. The Bertz CT molecular complexity index is 404. The molecule has 19 heavy (non-hydrogen) atoms. The molecule has 1 rings (SSSR count). The number of rotatable bonds is 6. The van der Waals surface area contributed by atoms with Crippen LogP contribution < -0.4 is 5.32 Å². The molecule has 3 nitrogen and oxygen atoms in total. The molecule has 0 spiro atoms. The summed E-state index contributed by atoms with van der Waals surface area (Å²) in [5, 5.41) is 8.86. The molecule has 0 amide bonds.